The van der Waals surface area contributed by atoms with E-state index in [9.17, 15) is 9.59 Å². The number of nitrogens with one attached hydrogen (secondary N) is 2. The molecule has 0 aliphatic heterocycles. The summed E-state index contributed by atoms with van der Waals surface area (Å²) in [5.74, 6) is -0.366. The summed E-state index contributed by atoms with van der Waals surface area (Å²) in [5.41, 5.74) is 1.53. The molecule has 1 aromatic carbocycles. The van der Waals surface area contributed by atoms with Gasteiger partial charge in [-0.2, -0.15) is 5.26 Å². The Labute approximate surface area is 118 Å². The Morgan fingerprint density at radius 1 is 1.40 bits per heavy atom. The van der Waals surface area contributed by atoms with Gasteiger partial charge in [0.1, 0.15) is 0 Å². The van der Waals surface area contributed by atoms with E-state index in [1.165, 1.54) is 0 Å². The van der Waals surface area contributed by atoms with Crippen molar-refractivity contribution in [3.63, 3.8) is 0 Å². The standard InChI is InChI=1S/C14H18N4O2/c1-3-16-14(20)17-13(19)10-18(2)9-12-6-4-5-11(7-12)8-15/h4-7H,3,9-10H2,1-2H3,(H2,16,17,19,20). The molecule has 1 rings (SSSR count). The summed E-state index contributed by atoms with van der Waals surface area (Å²) < 4.78 is 0. The number of amides is 3. The van der Waals surface area contributed by atoms with Crippen molar-refractivity contribution >= 4 is 11.9 Å². The molecule has 0 aromatic heterocycles. The third kappa shape index (κ3) is 5.50. The molecule has 20 heavy (non-hydrogen) atoms. The molecule has 0 saturated carbocycles. The summed E-state index contributed by atoms with van der Waals surface area (Å²) in [5, 5.41) is 13.5. The number of benzene rings is 1. The second-order valence-electron chi connectivity index (χ2n) is 4.39. The van der Waals surface area contributed by atoms with E-state index in [2.05, 4.69) is 16.7 Å². The number of imide groups is 1. The van der Waals surface area contributed by atoms with Crippen LogP contribution < -0.4 is 10.6 Å². The van der Waals surface area contributed by atoms with E-state index in [0.717, 1.165) is 5.56 Å². The van der Waals surface area contributed by atoms with Crippen molar-refractivity contribution in [2.24, 2.45) is 0 Å². The number of nitriles is 1. The van der Waals surface area contributed by atoms with Gasteiger partial charge in [-0.05, 0) is 31.7 Å². The maximum absolute atomic E-state index is 11.6. The Hall–Kier alpha value is -2.39. The predicted octanol–water partition coefficient (Wildman–Crippen LogP) is 0.836. The number of carbonyl (C=O) groups is 2. The predicted molar refractivity (Wildman–Crippen MR) is 74.7 cm³/mol. The van der Waals surface area contributed by atoms with Crippen molar-refractivity contribution in [2.75, 3.05) is 20.1 Å². The van der Waals surface area contributed by atoms with Crippen LogP contribution >= 0.6 is 0 Å². The summed E-state index contributed by atoms with van der Waals surface area (Å²) >= 11 is 0. The highest BCUT2D eigenvalue weighted by Crippen LogP contribution is 2.06. The molecule has 0 atom stereocenters. The zero-order valence-electron chi connectivity index (χ0n) is 11.6. The van der Waals surface area contributed by atoms with Crippen LogP contribution in [0.4, 0.5) is 4.79 Å². The Balaban J connectivity index is 2.46. The summed E-state index contributed by atoms with van der Waals surface area (Å²) in [6.07, 6.45) is 0. The average molecular weight is 274 g/mol. The lowest BCUT2D eigenvalue weighted by atomic mass is 10.1. The van der Waals surface area contributed by atoms with Crippen LogP contribution in [0.25, 0.3) is 0 Å². The molecule has 0 heterocycles. The van der Waals surface area contributed by atoms with Gasteiger partial charge in [0.15, 0.2) is 0 Å². The highest BCUT2D eigenvalue weighted by Gasteiger charge is 2.10. The Morgan fingerprint density at radius 2 is 2.15 bits per heavy atom. The van der Waals surface area contributed by atoms with Crippen molar-refractivity contribution in [2.45, 2.75) is 13.5 Å². The first-order valence-corrected chi connectivity index (χ1v) is 6.30. The van der Waals surface area contributed by atoms with Crippen molar-refractivity contribution in [3.8, 4) is 6.07 Å². The fourth-order valence-electron chi connectivity index (χ4n) is 1.72. The fraction of sp³-hybridized carbons (Fsp3) is 0.357. The van der Waals surface area contributed by atoms with E-state index in [1.807, 2.05) is 6.07 Å². The van der Waals surface area contributed by atoms with E-state index >= 15 is 0 Å². The smallest absolute Gasteiger partial charge is 0.321 e. The third-order valence-electron chi connectivity index (χ3n) is 2.51. The van der Waals surface area contributed by atoms with Gasteiger partial charge in [-0.3, -0.25) is 15.0 Å². The van der Waals surface area contributed by atoms with Gasteiger partial charge in [0.25, 0.3) is 0 Å². The van der Waals surface area contributed by atoms with Crippen molar-refractivity contribution in [1.29, 1.82) is 5.26 Å². The lowest BCUT2D eigenvalue weighted by molar-refractivity contribution is -0.120. The van der Waals surface area contributed by atoms with Crippen molar-refractivity contribution in [1.82, 2.24) is 15.5 Å². The average Bonchev–Trinajstić information content (AvgIpc) is 2.38. The van der Waals surface area contributed by atoms with Crippen molar-refractivity contribution in [3.05, 3.63) is 35.4 Å². The molecule has 0 saturated heterocycles. The van der Waals surface area contributed by atoms with Gasteiger partial charge in [-0.15, -0.1) is 0 Å². The van der Waals surface area contributed by atoms with Crippen LogP contribution in [0.2, 0.25) is 0 Å². The largest absolute Gasteiger partial charge is 0.338 e. The normalized spacial score (nSPS) is 9.90. The van der Waals surface area contributed by atoms with E-state index in [0.29, 0.717) is 18.7 Å². The number of urea groups is 1. The summed E-state index contributed by atoms with van der Waals surface area (Å²) in [6, 6.07) is 8.78. The monoisotopic (exact) mass is 274 g/mol. The van der Waals surface area contributed by atoms with E-state index in [-0.39, 0.29) is 12.5 Å². The Bertz CT molecular complexity index is 522. The Kier molecular flexibility index (Phi) is 6.20. The van der Waals surface area contributed by atoms with Gasteiger partial charge in [0.2, 0.25) is 5.91 Å². The highest BCUT2D eigenvalue weighted by atomic mass is 16.2. The minimum atomic E-state index is -0.489. The van der Waals surface area contributed by atoms with Crippen LogP contribution in [0.3, 0.4) is 0 Å². The number of likely N-dealkylation sites (N-methyl/N-ethyl adjacent to an activating group) is 1. The van der Waals surface area contributed by atoms with Gasteiger partial charge in [-0.25, -0.2) is 4.79 Å². The first kappa shape index (κ1) is 15.7. The molecule has 6 heteroatoms. The molecular formula is C14H18N4O2. The van der Waals surface area contributed by atoms with E-state index < -0.39 is 6.03 Å². The minimum absolute atomic E-state index is 0.105. The molecule has 3 amide bonds. The number of hydrogen-bond donors (Lipinski definition) is 2. The quantitative estimate of drug-likeness (QED) is 0.833. The molecule has 1 aromatic rings. The molecule has 0 aliphatic rings. The minimum Gasteiger partial charge on any atom is -0.338 e. The highest BCUT2D eigenvalue weighted by molar-refractivity contribution is 5.95. The molecule has 6 nitrogen and oxygen atoms in total. The molecule has 0 radical (unpaired) electrons. The summed E-state index contributed by atoms with van der Waals surface area (Å²) in [4.78, 5) is 24.5. The van der Waals surface area contributed by atoms with Crippen LogP contribution in [-0.2, 0) is 11.3 Å². The molecule has 0 aliphatic carbocycles. The van der Waals surface area contributed by atoms with Gasteiger partial charge in [0, 0.05) is 13.1 Å². The fourth-order valence-corrected chi connectivity index (χ4v) is 1.72. The molecule has 0 bridgehead atoms. The molecule has 0 unspecified atom stereocenters. The van der Waals surface area contributed by atoms with Crippen LogP contribution in [0, 0.1) is 11.3 Å². The van der Waals surface area contributed by atoms with Crippen LogP contribution in [-0.4, -0.2) is 37.0 Å². The zero-order valence-corrected chi connectivity index (χ0v) is 11.6. The first-order chi connectivity index (χ1) is 9.55. The number of carbonyl (C=O) groups excluding carboxylic acids is 2. The lowest BCUT2D eigenvalue weighted by Gasteiger charge is -2.16. The maximum Gasteiger partial charge on any atom is 0.321 e. The third-order valence-corrected chi connectivity index (χ3v) is 2.51. The lowest BCUT2D eigenvalue weighted by Crippen LogP contribution is -2.43. The van der Waals surface area contributed by atoms with Crippen LogP contribution in [0.1, 0.15) is 18.1 Å². The molecule has 106 valence electrons. The van der Waals surface area contributed by atoms with Gasteiger partial charge < -0.3 is 5.32 Å². The SMILES string of the molecule is CCNC(=O)NC(=O)CN(C)Cc1cccc(C#N)c1. The summed E-state index contributed by atoms with van der Waals surface area (Å²) in [7, 11) is 1.77. The first-order valence-electron chi connectivity index (χ1n) is 6.30. The molecule has 2 N–H and O–H groups in total. The van der Waals surface area contributed by atoms with Crippen molar-refractivity contribution < 1.29 is 9.59 Å². The molecule has 0 fully saturated rings. The maximum atomic E-state index is 11.6. The van der Waals surface area contributed by atoms with Crippen LogP contribution in [0.15, 0.2) is 24.3 Å². The second kappa shape index (κ2) is 7.92. The Morgan fingerprint density at radius 3 is 2.80 bits per heavy atom. The number of hydrogen-bond acceptors (Lipinski definition) is 4. The van der Waals surface area contributed by atoms with Gasteiger partial charge in [-0.1, -0.05) is 12.1 Å². The molecular weight excluding hydrogens is 256 g/mol. The number of rotatable bonds is 5. The van der Waals surface area contributed by atoms with E-state index in [4.69, 9.17) is 5.26 Å². The summed E-state index contributed by atoms with van der Waals surface area (Å²) in [6.45, 7) is 2.88. The van der Waals surface area contributed by atoms with E-state index in [1.54, 1.807) is 37.1 Å². The molecule has 0 spiro atoms. The van der Waals surface area contributed by atoms with Gasteiger partial charge >= 0.3 is 6.03 Å². The number of nitrogens with zero attached hydrogens (tertiary/aromatic N) is 2. The van der Waals surface area contributed by atoms with Gasteiger partial charge in [0.05, 0.1) is 18.2 Å². The topological polar surface area (TPSA) is 85.2 Å². The second-order valence-corrected chi connectivity index (χ2v) is 4.39. The van der Waals surface area contributed by atoms with Crippen LogP contribution in [0.5, 0.6) is 0 Å². The zero-order chi connectivity index (χ0) is 15.0.